The standard InChI is InChI=1S/C19H23N3O3/c1-5-12-19(2,14-9-7-6-8-10-14)21-22-13-11-15(23)17(25-4)16(22)18(24)20-3/h5-11,13,21H,1,12H2,2-4H3,(H,20,24). The molecule has 2 rings (SSSR count). The topological polar surface area (TPSA) is 72.4 Å². The monoisotopic (exact) mass is 341 g/mol. The molecule has 0 bridgehead atoms. The van der Waals surface area contributed by atoms with Crippen molar-refractivity contribution in [2.45, 2.75) is 18.9 Å². The third-order valence-corrected chi connectivity index (χ3v) is 4.03. The molecule has 0 aliphatic heterocycles. The Morgan fingerprint density at radius 3 is 2.56 bits per heavy atom. The van der Waals surface area contributed by atoms with Crippen LogP contribution in [0.25, 0.3) is 0 Å². The van der Waals surface area contributed by atoms with Crippen LogP contribution < -0.4 is 20.9 Å². The number of aromatic nitrogens is 1. The molecule has 6 nitrogen and oxygen atoms in total. The van der Waals surface area contributed by atoms with Gasteiger partial charge in [-0.1, -0.05) is 36.4 Å². The van der Waals surface area contributed by atoms with Gasteiger partial charge in [0.1, 0.15) is 0 Å². The van der Waals surface area contributed by atoms with E-state index < -0.39 is 11.4 Å². The molecular weight excluding hydrogens is 318 g/mol. The van der Waals surface area contributed by atoms with Gasteiger partial charge in [0.2, 0.25) is 5.43 Å². The Hall–Kier alpha value is -3.02. The van der Waals surface area contributed by atoms with Crippen LogP contribution in [0.15, 0.2) is 60.0 Å². The van der Waals surface area contributed by atoms with E-state index in [0.717, 1.165) is 5.56 Å². The highest BCUT2D eigenvalue weighted by Gasteiger charge is 2.28. The van der Waals surface area contributed by atoms with E-state index in [1.807, 2.05) is 37.3 Å². The Morgan fingerprint density at radius 2 is 2.00 bits per heavy atom. The molecular formula is C19H23N3O3. The van der Waals surface area contributed by atoms with Crippen molar-refractivity contribution in [2.75, 3.05) is 19.6 Å². The normalized spacial score (nSPS) is 12.8. The molecule has 0 aliphatic carbocycles. The highest BCUT2D eigenvalue weighted by Crippen LogP contribution is 2.27. The summed E-state index contributed by atoms with van der Waals surface area (Å²) in [6.45, 7) is 5.83. The summed E-state index contributed by atoms with van der Waals surface area (Å²) in [7, 11) is 2.87. The summed E-state index contributed by atoms with van der Waals surface area (Å²) in [6.07, 6.45) is 3.94. The quantitative estimate of drug-likeness (QED) is 0.758. The van der Waals surface area contributed by atoms with Crippen molar-refractivity contribution in [3.05, 3.63) is 76.7 Å². The second-order valence-corrected chi connectivity index (χ2v) is 5.81. The second kappa shape index (κ2) is 7.70. The van der Waals surface area contributed by atoms with Gasteiger partial charge in [-0.25, -0.2) is 0 Å². The van der Waals surface area contributed by atoms with Crippen molar-refractivity contribution in [1.29, 1.82) is 0 Å². The Balaban J connectivity index is 2.59. The van der Waals surface area contributed by atoms with Crippen LogP contribution in [0, 0.1) is 0 Å². The average Bonchev–Trinajstić information content (AvgIpc) is 2.63. The molecule has 1 atom stereocenters. The number of methoxy groups -OCH3 is 1. The summed E-state index contributed by atoms with van der Waals surface area (Å²) in [5, 5.41) is 2.54. The number of ether oxygens (including phenoxy) is 1. The minimum atomic E-state index is -0.536. The minimum Gasteiger partial charge on any atom is -0.491 e. The van der Waals surface area contributed by atoms with Crippen molar-refractivity contribution >= 4 is 5.91 Å². The van der Waals surface area contributed by atoms with Gasteiger partial charge in [-0.05, 0) is 18.9 Å². The molecule has 0 radical (unpaired) electrons. The number of carbonyl (C=O) groups is 1. The van der Waals surface area contributed by atoms with Crippen LogP contribution in [-0.4, -0.2) is 24.7 Å². The van der Waals surface area contributed by atoms with E-state index in [-0.39, 0.29) is 16.9 Å². The van der Waals surface area contributed by atoms with Gasteiger partial charge in [-0.15, -0.1) is 6.58 Å². The predicted octanol–water partition coefficient (Wildman–Crippen LogP) is 2.25. The number of carbonyl (C=O) groups excluding carboxylic acids is 1. The number of nitrogens with zero attached hydrogens (tertiary/aromatic N) is 1. The lowest BCUT2D eigenvalue weighted by Crippen LogP contribution is -2.41. The number of hydrogen-bond donors (Lipinski definition) is 2. The molecule has 132 valence electrons. The van der Waals surface area contributed by atoms with Gasteiger partial charge in [-0.3, -0.25) is 14.3 Å². The van der Waals surface area contributed by atoms with Crippen molar-refractivity contribution < 1.29 is 9.53 Å². The third kappa shape index (κ3) is 3.74. The molecule has 0 spiro atoms. The SMILES string of the molecule is C=CCC(C)(Nn1ccc(=O)c(OC)c1C(=O)NC)c1ccccc1. The van der Waals surface area contributed by atoms with E-state index >= 15 is 0 Å². The molecule has 0 saturated heterocycles. The summed E-state index contributed by atoms with van der Waals surface area (Å²) in [6, 6.07) is 11.2. The molecule has 1 heterocycles. The van der Waals surface area contributed by atoms with Crippen LogP contribution in [0.4, 0.5) is 0 Å². The Bertz CT molecular complexity index is 814. The fraction of sp³-hybridized carbons (Fsp3) is 0.263. The van der Waals surface area contributed by atoms with Crippen molar-refractivity contribution in [2.24, 2.45) is 0 Å². The lowest BCUT2D eigenvalue weighted by Gasteiger charge is -2.33. The van der Waals surface area contributed by atoms with Crippen LogP contribution in [-0.2, 0) is 5.54 Å². The fourth-order valence-electron chi connectivity index (χ4n) is 2.73. The molecule has 1 aromatic carbocycles. The fourth-order valence-corrected chi connectivity index (χ4v) is 2.73. The van der Waals surface area contributed by atoms with E-state index in [9.17, 15) is 9.59 Å². The molecule has 2 aromatic rings. The van der Waals surface area contributed by atoms with Crippen molar-refractivity contribution in [1.82, 2.24) is 9.99 Å². The van der Waals surface area contributed by atoms with Gasteiger partial charge >= 0.3 is 0 Å². The number of benzene rings is 1. The number of pyridine rings is 1. The van der Waals surface area contributed by atoms with Gasteiger partial charge in [0.25, 0.3) is 5.91 Å². The lowest BCUT2D eigenvalue weighted by atomic mass is 9.89. The molecule has 0 saturated carbocycles. The van der Waals surface area contributed by atoms with E-state index in [2.05, 4.69) is 17.3 Å². The molecule has 1 unspecified atom stereocenters. The maximum Gasteiger partial charge on any atom is 0.273 e. The second-order valence-electron chi connectivity index (χ2n) is 5.81. The lowest BCUT2D eigenvalue weighted by molar-refractivity contribution is 0.0949. The van der Waals surface area contributed by atoms with Crippen LogP contribution in [0.2, 0.25) is 0 Å². The first-order valence-electron chi connectivity index (χ1n) is 7.93. The Kier molecular flexibility index (Phi) is 5.64. The maximum absolute atomic E-state index is 12.3. The number of amides is 1. The van der Waals surface area contributed by atoms with E-state index in [4.69, 9.17) is 4.74 Å². The first-order chi connectivity index (χ1) is 12.0. The van der Waals surface area contributed by atoms with E-state index in [1.54, 1.807) is 6.08 Å². The zero-order chi connectivity index (χ0) is 18.4. The molecule has 0 fully saturated rings. The highest BCUT2D eigenvalue weighted by atomic mass is 16.5. The molecule has 1 amide bonds. The van der Waals surface area contributed by atoms with Crippen molar-refractivity contribution in [3.8, 4) is 5.75 Å². The van der Waals surface area contributed by atoms with Gasteiger partial charge in [0.15, 0.2) is 11.4 Å². The maximum atomic E-state index is 12.3. The van der Waals surface area contributed by atoms with Crippen LogP contribution in [0.3, 0.4) is 0 Å². The smallest absolute Gasteiger partial charge is 0.273 e. The van der Waals surface area contributed by atoms with Gasteiger partial charge in [0, 0.05) is 19.3 Å². The molecule has 1 aromatic heterocycles. The van der Waals surface area contributed by atoms with Gasteiger partial charge in [-0.2, -0.15) is 0 Å². The Labute approximate surface area is 147 Å². The van der Waals surface area contributed by atoms with Crippen molar-refractivity contribution in [3.63, 3.8) is 0 Å². The average molecular weight is 341 g/mol. The van der Waals surface area contributed by atoms with Gasteiger partial charge in [0.05, 0.1) is 12.6 Å². The number of nitrogens with one attached hydrogen (secondary N) is 2. The first-order valence-corrected chi connectivity index (χ1v) is 7.93. The summed E-state index contributed by atoms with van der Waals surface area (Å²) >= 11 is 0. The highest BCUT2D eigenvalue weighted by molar-refractivity contribution is 5.95. The zero-order valence-electron chi connectivity index (χ0n) is 14.7. The van der Waals surface area contributed by atoms with Crippen LogP contribution in [0.1, 0.15) is 29.4 Å². The summed E-state index contributed by atoms with van der Waals surface area (Å²) in [5.74, 6) is -0.431. The molecule has 25 heavy (non-hydrogen) atoms. The van der Waals surface area contributed by atoms with E-state index in [0.29, 0.717) is 6.42 Å². The largest absolute Gasteiger partial charge is 0.491 e. The van der Waals surface area contributed by atoms with E-state index in [1.165, 1.54) is 31.1 Å². The zero-order valence-corrected chi connectivity index (χ0v) is 14.7. The van der Waals surface area contributed by atoms with Crippen LogP contribution in [0.5, 0.6) is 5.75 Å². The number of rotatable bonds is 7. The summed E-state index contributed by atoms with van der Waals surface area (Å²) in [5.41, 5.74) is 3.57. The predicted molar refractivity (Wildman–Crippen MR) is 98.6 cm³/mol. The summed E-state index contributed by atoms with van der Waals surface area (Å²) < 4.78 is 6.69. The molecule has 0 aliphatic rings. The minimum absolute atomic E-state index is 0.0108. The Morgan fingerprint density at radius 1 is 1.32 bits per heavy atom. The third-order valence-electron chi connectivity index (χ3n) is 4.03. The molecule has 2 N–H and O–H groups in total. The first kappa shape index (κ1) is 18.3. The summed E-state index contributed by atoms with van der Waals surface area (Å²) in [4.78, 5) is 24.4. The van der Waals surface area contributed by atoms with Gasteiger partial charge < -0.3 is 15.5 Å². The van der Waals surface area contributed by atoms with Crippen LogP contribution >= 0.6 is 0 Å². The number of hydrogen-bond acceptors (Lipinski definition) is 4. The molecule has 6 heteroatoms.